The molecule has 2 aromatic rings. The van der Waals surface area contributed by atoms with Gasteiger partial charge in [0.15, 0.2) is 11.6 Å². The molecule has 0 heterocycles. The number of hydrogen-bond donors (Lipinski definition) is 1. The summed E-state index contributed by atoms with van der Waals surface area (Å²) < 4.78 is 39.6. The molecule has 0 aromatic heterocycles. The minimum absolute atomic E-state index is 0.0456. The molecule has 19 heavy (non-hydrogen) atoms. The lowest BCUT2D eigenvalue weighted by Crippen LogP contribution is -1.98. The summed E-state index contributed by atoms with van der Waals surface area (Å²) in [4.78, 5) is 10.8. The standard InChI is InChI=1S/C14H9F3O2/c1-7-4-8(14(18)19)2-3-9(7)10-5-12(16)13(17)6-11(10)15/h2-6H,1H3,(H,18,19). The fourth-order valence-electron chi connectivity index (χ4n) is 1.83. The molecule has 5 heteroatoms. The van der Waals surface area contributed by atoms with Crippen LogP contribution in [-0.4, -0.2) is 11.1 Å². The Bertz CT molecular complexity index is 666. The first kappa shape index (κ1) is 13.1. The Labute approximate surface area is 107 Å². The monoisotopic (exact) mass is 266 g/mol. The molecule has 0 saturated carbocycles. The number of hydrogen-bond acceptors (Lipinski definition) is 1. The smallest absolute Gasteiger partial charge is 0.335 e. The van der Waals surface area contributed by atoms with E-state index < -0.39 is 23.4 Å². The van der Waals surface area contributed by atoms with Crippen LogP contribution in [0, 0.1) is 24.4 Å². The Morgan fingerprint density at radius 2 is 1.58 bits per heavy atom. The Balaban J connectivity index is 2.59. The predicted molar refractivity (Wildman–Crippen MR) is 63.4 cm³/mol. The van der Waals surface area contributed by atoms with Gasteiger partial charge in [-0.2, -0.15) is 0 Å². The number of carboxylic acids is 1. The number of carboxylic acid groups (broad SMARTS) is 1. The molecule has 0 spiro atoms. The first-order chi connectivity index (χ1) is 8.90. The van der Waals surface area contributed by atoms with Crippen molar-refractivity contribution in [1.29, 1.82) is 0 Å². The summed E-state index contributed by atoms with van der Waals surface area (Å²) >= 11 is 0. The van der Waals surface area contributed by atoms with Gasteiger partial charge in [-0.3, -0.25) is 0 Å². The first-order valence-corrected chi connectivity index (χ1v) is 5.39. The van der Waals surface area contributed by atoms with Crippen molar-refractivity contribution in [3.8, 4) is 11.1 Å². The zero-order valence-electron chi connectivity index (χ0n) is 9.88. The molecular weight excluding hydrogens is 257 g/mol. The van der Waals surface area contributed by atoms with Gasteiger partial charge in [0, 0.05) is 11.6 Å². The Morgan fingerprint density at radius 3 is 2.16 bits per heavy atom. The van der Waals surface area contributed by atoms with Crippen LogP contribution in [0.3, 0.4) is 0 Å². The van der Waals surface area contributed by atoms with E-state index in [0.29, 0.717) is 17.2 Å². The van der Waals surface area contributed by atoms with Crippen molar-refractivity contribution >= 4 is 5.97 Å². The lowest BCUT2D eigenvalue weighted by Gasteiger charge is -2.09. The number of halogens is 3. The summed E-state index contributed by atoms with van der Waals surface area (Å²) in [5, 5.41) is 8.82. The first-order valence-electron chi connectivity index (χ1n) is 5.39. The third kappa shape index (κ3) is 2.45. The van der Waals surface area contributed by atoms with Crippen LogP contribution in [0.4, 0.5) is 13.2 Å². The predicted octanol–water partition coefficient (Wildman–Crippen LogP) is 3.78. The largest absolute Gasteiger partial charge is 0.478 e. The molecule has 98 valence electrons. The molecule has 0 fully saturated rings. The summed E-state index contributed by atoms with van der Waals surface area (Å²) in [5.41, 5.74) is 0.726. The number of benzene rings is 2. The highest BCUT2D eigenvalue weighted by atomic mass is 19.2. The third-order valence-corrected chi connectivity index (χ3v) is 2.77. The highest BCUT2D eigenvalue weighted by molar-refractivity contribution is 5.89. The van der Waals surface area contributed by atoms with E-state index in [-0.39, 0.29) is 11.1 Å². The molecular formula is C14H9F3O2. The molecule has 2 rings (SSSR count). The second-order valence-corrected chi connectivity index (χ2v) is 4.08. The van der Waals surface area contributed by atoms with Crippen LogP contribution in [0.2, 0.25) is 0 Å². The average Bonchev–Trinajstić information content (AvgIpc) is 2.34. The molecule has 1 N–H and O–H groups in total. The second kappa shape index (κ2) is 4.76. The molecule has 0 aliphatic heterocycles. The third-order valence-electron chi connectivity index (χ3n) is 2.77. The van der Waals surface area contributed by atoms with Crippen molar-refractivity contribution in [3.05, 3.63) is 58.9 Å². The van der Waals surface area contributed by atoms with Gasteiger partial charge < -0.3 is 5.11 Å². The van der Waals surface area contributed by atoms with E-state index in [1.54, 1.807) is 6.92 Å². The van der Waals surface area contributed by atoms with E-state index in [4.69, 9.17) is 5.11 Å². The topological polar surface area (TPSA) is 37.3 Å². The fraction of sp³-hybridized carbons (Fsp3) is 0.0714. The second-order valence-electron chi connectivity index (χ2n) is 4.08. The Morgan fingerprint density at radius 1 is 0.947 bits per heavy atom. The highest BCUT2D eigenvalue weighted by Crippen LogP contribution is 2.28. The van der Waals surface area contributed by atoms with E-state index >= 15 is 0 Å². The molecule has 0 amide bonds. The lowest BCUT2D eigenvalue weighted by atomic mass is 9.98. The quantitative estimate of drug-likeness (QED) is 0.840. The minimum atomic E-state index is -1.26. The number of aromatic carboxylic acids is 1. The molecule has 0 atom stereocenters. The summed E-state index contributed by atoms with van der Waals surface area (Å²) in [7, 11) is 0. The van der Waals surface area contributed by atoms with Gasteiger partial charge in [-0.15, -0.1) is 0 Å². The van der Waals surface area contributed by atoms with E-state index in [1.807, 2.05) is 0 Å². The van der Waals surface area contributed by atoms with Crippen LogP contribution in [0.5, 0.6) is 0 Å². The zero-order chi connectivity index (χ0) is 14.2. The van der Waals surface area contributed by atoms with E-state index in [9.17, 15) is 18.0 Å². The van der Waals surface area contributed by atoms with Crippen LogP contribution >= 0.6 is 0 Å². The minimum Gasteiger partial charge on any atom is -0.478 e. The molecule has 0 saturated heterocycles. The molecule has 0 unspecified atom stereocenters. The summed E-state index contributed by atoms with van der Waals surface area (Å²) in [6.07, 6.45) is 0. The lowest BCUT2D eigenvalue weighted by molar-refractivity contribution is 0.0697. The van der Waals surface area contributed by atoms with E-state index in [2.05, 4.69) is 0 Å². The normalized spacial score (nSPS) is 10.5. The van der Waals surface area contributed by atoms with Crippen molar-refractivity contribution in [2.75, 3.05) is 0 Å². The average molecular weight is 266 g/mol. The van der Waals surface area contributed by atoms with Gasteiger partial charge in [-0.05, 0) is 36.2 Å². The van der Waals surface area contributed by atoms with Gasteiger partial charge in [0.25, 0.3) is 0 Å². The van der Waals surface area contributed by atoms with Gasteiger partial charge in [0.1, 0.15) is 5.82 Å². The zero-order valence-corrected chi connectivity index (χ0v) is 9.88. The molecule has 0 radical (unpaired) electrons. The van der Waals surface area contributed by atoms with Crippen molar-refractivity contribution in [1.82, 2.24) is 0 Å². The number of carbonyl (C=O) groups is 1. The maximum Gasteiger partial charge on any atom is 0.335 e. The van der Waals surface area contributed by atoms with E-state index in [1.165, 1.54) is 18.2 Å². The number of aryl methyl sites for hydroxylation is 1. The number of rotatable bonds is 2. The van der Waals surface area contributed by atoms with Crippen molar-refractivity contribution in [2.24, 2.45) is 0 Å². The molecule has 0 bridgehead atoms. The molecule has 0 aliphatic carbocycles. The maximum atomic E-state index is 13.6. The molecule has 2 nitrogen and oxygen atoms in total. The van der Waals surface area contributed by atoms with Crippen LogP contribution in [0.25, 0.3) is 11.1 Å². The SMILES string of the molecule is Cc1cc(C(=O)O)ccc1-c1cc(F)c(F)cc1F. The van der Waals surface area contributed by atoms with Gasteiger partial charge >= 0.3 is 5.97 Å². The summed E-state index contributed by atoms with van der Waals surface area (Å²) in [6.45, 7) is 1.57. The van der Waals surface area contributed by atoms with Gasteiger partial charge in [0.2, 0.25) is 0 Å². The van der Waals surface area contributed by atoms with Crippen molar-refractivity contribution in [2.45, 2.75) is 6.92 Å². The van der Waals surface area contributed by atoms with Crippen LogP contribution in [-0.2, 0) is 0 Å². The van der Waals surface area contributed by atoms with Gasteiger partial charge in [-0.1, -0.05) is 6.07 Å². The molecule has 2 aromatic carbocycles. The van der Waals surface area contributed by atoms with Crippen molar-refractivity contribution in [3.63, 3.8) is 0 Å². The van der Waals surface area contributed by atoms with Crippen LogP contribution in [0.15, 0.2) is 30.3 Å². The van der Waals surface area contributed by atoms with E-state index in [0.717, 1.165) is 6.07 Å². The highest BCUT2D eigenvalue weighted by Gasteiger charge is 2.14. The van der Waals surface area contributed by atoms with Crippen molar-refractivity contribution < 1.29 is 23.1 Å². The fourth-order valence-corrected chi connectivity index (χ4v) is 1.83. The Kier molecular flexibility index (Phi) is 3.29. The van der Waals surface area contributed by atoms with Crippen LogP contribution in [0.1, 0.15) is 15.9 Å². The van der Waals surface area contributed by atoms with Gasteiger partial charge in [0.05, 0.1) is 5.56 Å². The van der Waals surface area contributed by atoms with Gasteiger partial charge in [-0.25, -0.2) is 18.0 Å². The summed E-state index contributed by atoms with van der Waals surface area (Å²) in [5.74, 6) is -4.43. The van der Waals surface area contributed by atoms with Crippen LogP contribution < -0.4 is 0 Å². The maximum absolute atomic E-state index is 13.6. The Hall–Kier alpha value is -2.30. The summed E-state index contributed by atoms with van der Waals surface area (Å²) in [6, 6.07) is 5.22. The molecule has 0 aliphatic rings.